The molecule has 0 atom stereocenters. The molecule has 12 heavy (non-hydrogen) atoms. The first-order chi connectivity index (χ1) is 5.10. The van der Waals surface area contributed by atoms with E-state index in [9.17, 15) is 0 Å². The quantitative estimate of drug-likeness (QED) is 0.481. The predicted molar refractivity (Wildman–Crippen MR) is 68.3 cm³/mol. The molecule has 0 heterocycles. The Hall–Kier alpha value is 1.55. The molecule has 0 aliphatic heterocycles. The zero-order valence-electron chi connectivity index (χ0n) is 9.24. The summed E-state index contributed by atoms with van der Waals surface area (Å²) in [4.78, 5) is 0. The van der Waals surface area contributed by atoms with Crippen molar-refractivity contribution in [1.29, 1.82) is 0 Å². The van der Waals surface area contributed by atoms with Crippen LogP contribution in [0.4, 0.5) is 0 Å². The summed E-state index contributed by atoms with van der Waals surface area (Å²) in [7, 11) is 0. The zero-order chi connectivity index (χ0) is 9.99. The van der Waals surface area contributed by atoms with Crippen molar-refractivity contribution >= 4 is 34.7 Å². The molecule has 0 rings (SSSR count). The van der Waals surface area contributed by atoms with Crippen LogP contribution in [0.2, 0.25) is 8.73 Å². The van der Waals surface area contributed by atoms with Crippen LogP contribution in [0.25, 0.3) is 0 Å². The van der Waals surface area contributed by atoms with Crippen molar-refractivity contribution in [3.63, 3.8) is 0 Å². The Bertz CT molecular complexity index is 114. The molecule has 0 aromatic carbocycles. The van der Waals surface area contributed by atoms with Gasteiger partial charge in [-0.05, 0) is 0 Å². The number of hydrogen-bond donors (Lipinski definition) is 0. The summed E-state index contributed by atoms with van der Waals surface area (Å²) in [6.45, 7) is 14.2. The summed E-state index contributed by atoms with van der Waals surface area (Å²) in [6, 6.07) is 0. The van der Waals surface area contributed by atoms with Gasteiger partial charge in [0.05, 0.1) is 0 Å². The summed E-state index contributed by atoms with van der Waals surface area (Å²) in [5.41, 5.74) is 1.13. The van der Waals surface area contributed by atoms with Crippen molar-refractivity contribution in [3.8, 4) is 0 Å². The maximum atomic E-state index is 2.78. The summed E-state index contributed by atoms with van der Waals surface area (Å²) in [6.07, 6.45) is 0. The number of halogens is 1. The summed E-state index contributed by atoms with van der Waals surface area (Å²) >= 11 is 1.88. The fourth-order valence-electron chi connectivity index (χ4n) is 1.09. The molecule has 0 amide bonds. The molecule has 0 bridgehead atoms. The van der Waals surface area contributed by atoms with Crippen LogP contribution >= 0.6 is 18.5 Å². The van der Waals surface area contributed by atoms with Crippen LogP contribution in [0.3, 0.4) is 0 Å². The van der Waals surface area contributed by atoms with Crippen LogP contribution < -0.4 is 0 Å². The molecule has 0 aromatic rings. The zero-order valence-corrected chi connectivity index (χ0v) is 13.9. The van der Waals surface area contributed by atoms with Crippen LogP contribution in [-0.2, 0) is 0 Å². The average Bonchev–Trinajstić information content (AvgIpc) is 1.49. The van der Waals surface area contributed by atoms with Crippen molar-refractivity contribution < 1.29 is 0 Å². The summed E-state index contributed by atoms with van der Waals surface area (Å²) in [5, 5.41) is 0. The van der Waals surface area contributed by atoms with Crippen LogP contribution in [0.1, 0.15) is 41.5 Å². The number of hydrogen-bond acceptors (Lipinski definition) is 0. The molecular formula is C10H22ISb. The second kappa shape index (κ2) is 4.86. The molecule has 74 valence electrons. The minimum absolute atomic E-state index is 0.565. The first-order valence-corrected chi connectivity index (χ1v) is 15.6. The molecule has 0 saturated heterocycles. The van der Waals surface area contributed by atoms with E-state index in [0.29, 0.717) is 10.8 Å². The molecule has 0 aromatic heterocycles. The first kappa shape index (κ1) is 13.5. The van der Waals surface area contributed by atoms with E-state index < -0.39 is 16.2 Å². The van der Waals surface area contributed by atoms with Gasteiger partial charge in [0.1, 0.15) is 0 Å². The van der Waals surface area contributed by atoms with Crippen molar-refractivity contribution in [2.75, 3.05) is 0 Å². The Kier molecular flexibility index (Phi) is 5.49. The molecule has 0 spiro atoms. The van der Waals surface area contributed by atoms with Gasteiger partial charge in [-0.15, -0.1) is 0 Å². The third-order valence-electron chi connectivity index (χ3n) is 1.29. The Labute approximate surface area is 94.9 Å². The molecule has 0 fully saturated rings. The Morgan fingerprint density at radius 3 is 1.25 bits per heavy atom. The normalized spacial score (nSPS) is 14.0. The van der Waals surface area contributed by atoms with E-state index in [1.165, 1.54) is 8.73 Å². The van der Waals surface area contributed by atoms with E-state index in [0.717, 1.165) is 0 Å². The van der Waals surface area contributed by atoms with Crippen LogP contribution in [0.15, 0.2) is 0 Å². The van der Waals surface area contributed by atoms with E-state index in [4.69, 9.17) is 0 Å². The van der Waals surface area contributed by atoms with Gasteiger partial charge in [0.15, 0.2) is 0 Å². The van der Waals surface area contributed by atoms with Gasteiger partial charge in [-0.3, -0.25) is 0 Å². The van der Waals surface area contributed by atoms with Gasteiger partial charge in [0, 0.05) is 0 Å². The van der Waals surface area contributed by atoms with E-state index in [2.05, 4.69) is 60.0 Å². The fraction of sp³-hybridized carbons (Fsp3) is 1.00. The Balaban J connectivity index is 3.83. The van der Waals surface area contributed by atoms with E-state index in [-0.39, 0.29) is 0 Å². The molecule has 0 N–H and O–H groups in total. The Morgan fingerprint density at radius 1 is 0.833 bits per heavy atom. The SMILES string of the molecule is CC(C)(C)[CH2][Sb]([I])[CH2]C(C)(C)C. The minimum atomic E-state index is -0.899. The maximum absolute atomic E-state index is 2.78. The van der Waals surface area contributed by atoms with Crippen LogP contribution in [-0.4, -0.2) is 16.2 Å². The second-order valence-electron chi connectivity index (χ2n) is 5.90. The third-order valence-corrected chi connectivity index (χ3v) is 13.2. The first-order valence-electron chi connectivity index (χ1n) is 4.51. The van der Waals surface area contributed by atoms with Gasteiger partial charge >= 0.3 is 95.8 Å². The second-order valence-corrected chi connectivity index (χ2v) is 19.5. The summed E-state index contributed by atoms with van der Waals surface area (Å²) in [5.74, 6) is 0. The van der Waals surface area contributed by atoms with E-state index >= 15 is 0 Å². The van der Waals surface area contributed by atoms with Gasteiger partial charge in [-0.1, -0.05) is 0 Å². The van der Waals surface area contributed by atoms with E-state index in [1.54, 1.807) is 0 Å². The third kappa shape index (κ3) is 9.63. The summed E-state index contributed by atoms with van der Waals surface area (Å²) < 4.78 is 3.02. The molecule has 0 nitrogen and oxygen atoms in total. The molecule has 0 saturated carbocycles. The van der Waals surface area contributed by atoms with Gasteiger partial charge in [0.2, 0.25) is 0 Å². The van der Waals surface area contributed by atoms with Gasteiger partial charge in [-0.2, -0.15) is 0 Å². The van der Waals surface area contributed by atoms with Gasteiger partial charge in [0.25, 0.3) is 0 Å². The molecule has 0 radical (unpaired) electrons. The molecule has 2 heteroatoms. The Morgan fingerprint density at radius 2 is 1.08 bits per heavy atom. The van der Waals surface area contributed by atoms with Crippen LogP contribution in [0, 0.1) is 10.8 Å². The monoisotopic (exact) mass is 390 g/mol. The molecule has 0 unspecified atom stereocenters. The molecular weight excluding hydrogens is 369 g/mol. The molecule has 0 aliphatic carbocycles. The van der Waals surface area contributed by atoms with Gasteiger partial charge in [-0.25, -0.2) is 0 Å². The number of rotatable bonds is 2. The predicted octanol–water partition coefficient (Wildman–Crippen LogP) is 4.51. The standard InChI is InChI=1S/2C5H11.HI.Sb/c2*1-5(2,3)4;;/h2*1H2,2-4H3;1H;/q;;;+1/p-1. The van der Waals surface area contributed by atoms with Gasteiger partial charge < -0.3 is 0 Å². The topological polar surface area (TPSA) is 0 Å². The van der Waals surface area contributed by atoms with Crippen molar-refractivity contribution in [3.05, 3.63) is 0 Å². The van der Waals surface area contributed by atoms with Crippen LogP contribution in [0.5, 0.6) is 0 Å². The van der Waals surface area contributed by atoms with Crippen molar-refractivity contribution in [2.24, 2.45) is 10.8 Å². The van der Waals surface area contributed by atoms with Crippen molar-refractivity contribution in [2.45, 2.75) is 50.3 Å². The van der Waals surface area contributed by atoms with E-state index in [1.807, 2.05) is 0 Å². The molecule has 0 aliphatic rings. The van der Waals surface area contributed by atoms with Crippen molar-refractivity contribution in [1.82, 2.24) is 0 Å². The fourth-order valence-corrected chi connectivity index (χ4v) is 21.0. The average molecular weight is 391 g/mol.